The molecule has 0 aromatic heterocycles. The van der Waals surface area contributed by atoms with Gasteiger partial charge in [0, 0.05) is 13.6 Å². The summed E-state index contributed by atoms with van der Waals surface area (Å²) < 4.78 is 10.7. The predicted molar refractivity (Wildman–Crippen MR) is 97.0 cm³/mol. The minimum atomic E-state index is -0.188. The van der Waals surface area contributed by atoms with Crippen LogP contribution in [0.4, 0.5) is 0 Å². The molecule has 1 N–H and O–H groups in total. The molecule has 1 atom stereocenters. The lowest BCUT2D eigenvalue weighted by Crippen LogP contribution is -2.39. The summed E-state index contributed by atoms with van der Waals surface area (Å²) in [6, 6.07) is 15.5. The lowest BCUT2D eigenvalue weighted by atomic mass is 9.97. The molecular weight excluding hydrogens is 316 g/mol. The molecule has 5 nitrogen and oxygen atoms in total. The zero-order chi connectivity index (χ0) is 17.8. The van der Waals surface area contributed by atoms with Crippen molar-refractivity contribution in [2.24, 2.45) is 0 Å². The van der Waals surface area contributed by atoms with Gasteiger partial charge in [0.25, 0.3) is 0 Å². The van der Waals surface area contributed by atoms with E-state index in [1.807, 2.05) is 55.6 Å². The summed E-state index contributed by atoms with van der Waals surface area (Å²) in [6.07, 6.45) is 0.805. The van der Waals surface area contributed by atoms with Gasteiger partial charge in [-0.2, -0.15) is 0 Å². The first-order valence-corrected chi connectivity index (χ1v) is 8.41. The van der Waals surface area contributed by atoms with Crippen LogP contribution in [0, 0.1) is 0 Å². The summed E-state index contributed by atoms with van der Waals surface area (Å²) >= 11 is 0. The number of benzene rings is 2. The monoisotopic (exact) mass is 340 g/mol. The molecule has 5 heteroatoms. The molecule has 1 fully saturated rings. The Balaban J connectivity index is 1.96. The zero-order valence-electron chi connectivity index (χ0n) is 14.9. The highest BCUT2D eigenvalue weighted by Crippen LogP contribution is 2.29. The molecule has 1 heterocycles. The Hall–Kier alpha value is -2.53. The molecule has 132 valence electrons. The summed E-state index contributed by atoms with van der Waals surface area (Å²) in [4.78, 5) is 14.1. The fourth-order valence-corrected chi connectivity index (χ4v) is 3.21. The molecular formula is C20H24N2O3. The first-order chi connectivity index (χ1) is 12.1. The number of nitrogens with one attached hydrogen (secondary N) is 1. The van der Waals surface area contributed by atoms with E-state index in [1.54, 1.807) is 19.1 Å². The Kier molecular flexibility index (Phi) is 5.24. The maximum Gasteiger partial charge on any atom is 0.239 e. The lowest BCUT2D eigenvalue weighted by molar-refractivity contribution is -0.128. The fraction of sp³-hybridized carbons (Fsp3) is 0.350. The SMILES string of the molecule is COc1cccc(C(N[C@H]2CCN(C)C2=O)c2cccc(OC)c2)c1. The van der Waals surface area contributed by atoms with E-state index in [9.17, 15) is 4.79 Å². The molecule has 2 aromatic rings. The van der Waals surface area contributed by atoms with Crippen LogP contribution in [-0.4, -0.2) is 44.7 Å². The number of carbonyl (C=O) groups is 1. The van der Waals surface area contributed by atoms with Crippen molar-refractivity contribution in [1.29, 1.82) is 0 Å². The zero-order valence-corrected chi connectivity index (χ0v) is 14.9. The number of hydrogen-bond donors (Lipinski definition) is 1. The number of rotatable bonds is 6. The van der Waals surface area contributed by atoms with E-state index in [1.165, 1.54) is 0 Å². The second-order valence-electron chi connectivity index (χ2n) is 6.25. The predicted octanol–water partition coefficient (Wildman–Crippen LogP) is 2.61. The average molecular weight is 340 g/mol. The molecule has 1 aliphatic heterocycles. The number of methoxy groups -OCH3 is 2. The van der Waals surface area contributed by atoms with Gasteiger partial charge in [0.15, 0.2) is 0 Å². The standard InChI is InChI=1S/C20H24N2O3/c1-22-11-10-18(20(22)23)21-19(14-6-4-8-16(12-14)24-2)15-7-5-9-17(13-15)25-3/h4-9,12-13,18-19,21H,10-11H2,1-3H3/t18-/m0/s1. The molecule has 1 amide bonds. The summed E-state index contributed by atoms with van der Waals surface area (Å²) in [5.74, 6) is 1.72. The first kappa shape index (κ1) is 17.3. The normalized spacial score (nSPS) is 17.2. The van der Waals surface area contributed by atoms with Crippen molar-refractivity contribution in [3.05, 3.63) is 59.7 Å². The van der Waals surface area contributed by atoms with Crippen LogP contribution in [-0.2, 0) is 4.79 Å². The van der Waals surface area contributed by atoms with Crippen molar-refractivity contribution in [3.8, 4) is 11.5 Å². The van der Waals surface area contributed by atoms with E-state index in [4.69, 9.17) is 9.47 Å². The Morgan fingerprint density at radius 2 is 1.60 bits per heavy atom. The van der Waals surface area contributed by atoms with Gasteiger partial charge >= 0.3 is 0 Å². The molecule has 0 bridgehead atoms. The van der Waals surface area contributed by atoms with Crippen molar-refractivity contribution in [2.45, 2.75) is 18.5 Å². The number of likely N-dealkylation sites (tertiary alicyclic amines) is 1. The lowest BCUT2D eigenvalue weighted by Gasteiger charge is -2.24. The second kappa shape index (κ2) is 7.57. The summed E-state index contributed by atoms with van der Waals surface area (Å²) in [6.45, 7) is 0.777. The van der Waals surface area contributed by atoms with Crippen molar-refractivity contribution >= 4 is 5.91 Å². The highest BCUT2D eigenvalue weighted by Gasteiger charge is 2.31. The van der Waals surface area contributed by atoms with Gasteiger partial charge in [-0.3, -0.25) is 10.1 Å². The van der Waals surface area contributed by atoms with E-state index in [2.05, 4.69) is 5.32 Å². The number of likely N-dealkylation sites (N-methyl/N-ethyl adjacent to an activating group) is 1. The Labute approximate surface area is 148 Å². The van der Waals surface area contributed by atoms with Gasteiger partial charge in [-0.15, -0.1) is 0 Å². The summed E-state index contributed by atoms with van der Waals surface area (Å²) in [5, 5.41) is 3.53. The maximum atomic E-state index is 12.4. The van der Waals surface area contributed by atoms with Crippen LogP contribution in [0.15, 0.2) is 48.5 Å². The number of hydrogen-bond acceptors (Lipinski definition) is 4. The van der Waals surface area contributed by atoms with Crippen molar-refractivity contribution in [2.75, 3.05) is 27.8 Å². The van der Waals surface area contributed by atoms with Crippen LogP contribution in [0.2, 0.25) is 0 Å². The molecule has 0 spiro atoms. The van der Waals surface area contributed by atoms with Crippen LogP contribution in [0.1, 0.15) is 23.6 Å². The molecule has 0 aliphatic carbocycles. The van der Waals surface area contributed by atoms with E-state index in [-0.39, 0.29) is 18.0 Å². The highest BCUT2D eigenvalue weighted by atomic mass is 16.5. The van der Waals surface area contributed by atoms with Gasteiger partial charge in [-0.25, -0.2) is 0 Å². The fourth-order valence-electron chi connectivity index (χ4n) is 3.21. The topological polar surface area (TPSA) is 50.8 Å². The Morgan fingerprint density at radius 1 is 1.04 bits per heavy atom. The van der Waals surface area contributed by atoms with E-state index in [0.29, 0.717) is 0 Å². The average Bonchev–Trinajstić information content (AvgIpc) is 2.98. The van der Waals surface area contributed by atoms with Crippen molar-refractivity contribution < 1.29 is 14.3 Å². The molecule has 0 unspecified atom stereocenters. The van der Waals surface area contributed by atoms with Gasteiger partial charge in [-0.05, 0) is 41.8 Å². The van der Waals surface area contributed by atoms with E-state index >= 15 is 0 Å². The minimum absolute atomic E-state index is 0.120. The third-order valence-corrected chi connectivity index (χ3v) is 4.65. The van der Waals surface area contributed by atoms with Gasteiger partial charge < -0.3 is 14.4 Å². The van der Waals surface area contributed by atoms with E-state index in [0.717, 1.165) is 35.6 Å². The Morgan fingerprint density at radius 3 is 2.04 bits per heavy atom. The smallest absolute Gasteiger partial charge is 0.239 e. The summed E-state index contributed by atoms with van der Waals surface area (Å²) in [5.41, 5.74) is 2.10. The third-order valence-electron chi connectivity index (χ3n) is 4.65. The van der Waals surface area contributed by atoms with Crippen LogP contribution in [0.3, 0.4) is 0 Å². The van der Waals surface area contributed by atoms with E-state index < -0.39 is 0 Å². The first-order valence-electron chi connectivity index (χ1n) is 8.41. The molecule has 0 saturated carbocycles. The van der Waals surface area contributed by atoms with Crippen molar-refractivity contribution in [3.63, 3.8) is 0 Å². The molecule has 2 aromatic carbocycles. The number of amides is 1. The molecule has 25 heavy (non-hydrogen) atoms. The maximum absolute atomic E-state index is 12.4. The Bertz CT molecular complexity index is 700. The largest absolute Gasteiger partial charge is 0.497 e. The quantitative estimate of drug-likeness (QED) is 0.878. The minimum Gasteiger partial charge on any atom is -0.497 e. The van der Waals surface area contributed by atoms with Crippen LogP contribution >= 0.6 is 0 Å². The molecule has 3 rings (SSSR count). The van der Waals surface area contributed by atoms with Crippen LogP contribution in [0.25, 0.3) is 0 Å². The molecule has 1 aliphatic rings. The number of nitrogens with zero attached hydrogens (tertiary/aromatic N) is 1. The van der Waals surface area contributed by atoms with Crippen molar-refractivity contribution in [1.82, 2.24) is 10.2 Å². The molecule has 1 saturated heterocycles. The van der Waals surface area contributed by atoms with Crippen LogP contribution in [0.5, 0.6) is 11.5 Å². The van der Waals surface area contributed by atoms with Gasteiger partial charge in [0.1, 0.15) is 11.5 Å². The van der Waals surface area contributed by atoms with Gasteiger partial charge in [0.2, 0.25) is 5.91 Å². The van der Waals surface area contributed by atoms with Gasteiger partial charge in [0.05, 0.1) is 26.3 Å². The number of carbonyl (C=O) groups excluding carboxylic acids is 1. The molecule has 0 radical (unpaired) electrons. The second-order valence-corrected chi connectivity index (χ2v) is 6.25. The summed E-state index contributed by atoms with van der Waals surface area (Å²) in [7, 11) is 5.15. The highest BCUT2D eigenvalue weighted by molar-refractivity contribution is 5.83. The van der Waals surface area contributed by atoms with Crippen LogP contribution < -0.4 is 14.8 Å². The van der Waals surface area contributed by atoms with Gasteiger partial charge in [-0.1, -0.05) is 24.3 Å². The number of ether oxygens (including phenoxy) is 2. The third kappa shape index (κ3) is 3.77.